The fourth-order valence-electron chi connectivity index (χ4n) is 0.790. The van der Waals surface area contributed by atoms with Gasteiger partial charge in [0.15, 0.2) is 0 Å². The van der Waals surface area contributed by atoms with E-state index in [2.05, 4.69) is 4.98 Å². The molecule has 0 atom stereocenters. The fourth-order valence-corrected chi connectivity index (χ4v) is 1.47. The molecule has 1 heterocycles. The number of hydrogen-bond acceptors (Lipinski definition) is 4. The maximum atomic E-state index is 8.79. The maximum Gasteiger partial charge on any atom is 0.0964 e. The molecule has 3 nitrogen and oxygen atoms in total. The molecule has 0 amide bonds. The lowest BCUT2D eigenvalue weighted by Gasteiger charge is -2.00. The van der Waals surface area contributed by atoms with Gasteiger partial charge in [0.05, 0.1) is 17.3 Å². The Kier molecular flexibility index (Phi) is 4.07. The molecule has 0 aliphatic rings. The smallest absolute Gasteiger partial charge is 0.0964 e. The highest BCUT2D eigenvalue weighted by molar-refractivity contribution is 7.99. The molecule has 0 bridgehead atoms. The van der Waals surface area contributed by atoms with Crippen LogP contribution < -0.4 is 5.73 Å². The van der Waals surface area contributed by atoms with E-state index in [1.165, 1.54) is 0 Å². The van der Waals surface area contributed by atoms with Crippen molar-refractivity contribution in [3.63, 3.8) is 0 Å². The minimum absolute atomic E-state index is 0.00295. The minimum Gasteiger partial charge on any atom is -0.390 e. The molecule has 4 heteroatoms. The molecule has 0 unspecified atom stereocenters. The van der Waals surface area contributed by atoms with E-state index in [9.17, 15) is 0 Å². The van der Waals surface area contributed by atoms with Crippen LogP contribution in [-0.2, 0) is 6.61 Å². The van der Waals surface area contributed by atoms with E-state index in [0.717, 1.165) is 10.8 Å². The lowest BCUT2D eigenvalue weighted by atomic mass is 10.4. The van der Waals surface area contributed by atoms with Gasteiger partial charge in [-0.3, -0.25) is 0 Å². The molecular formula is C8H12N2OS. The third-order valence-corrected chi connectivity index (χ3v) is 2.27. The summed E-state index contributed by atoms with van der Waals surface area (Å²) < 4.78 is 0. The van der Waals surface area contributed by atoms with Crippen LogP contribution in [0, 0.1) is 0 Å². The van der Waals surface area contributed by atoms with E-state index in [-0.39, 0.29) is 6.61 Å². The molecule has 0 saturated heterocycles. The van der Waals surface area contributed by atoms with Crippen LogP contribution in [0.5, 0.6) is 0 Å². The summed E-state index contributed by atoms with van der Waals surface area (Å²) in [5.41, 5.74) is 6.05. The van der Waals surface area contributed by atoms with Crippen molar-refractivity contribution < 1.29 is 5.11 Å². The Morgan fingerprint density at radius 3 is 3.00 bits per heavy atom. The summed E-state index contributed by atoms with van der Waals surface area (Å²) in [6, 6.07) is 5.60. The van der Waals surface area contributed by atoms with Gasteiger partial charge in [-0.1, -0.05) is 6.07 Å². The fraction of sp³-hybridized carbons (Fsp3) is 0.375. The summed E-state index contributed by atoms with van der Waals surface area (Å²) in [4.78, 5) is 4.19. The summed E-state index contributed by atoms with van der Waals surface area (Å²) in [5.74, 6) is 0.863. The Labute approximate surface area is 76.0 Å². The monoisotopic (exact) mass is 184 g/mol. The molecule has 1 aromatic rings. The Morgan fingerprint density at radius 1 is 1.50 bits per heavy atom. The van der Waals surface area contributed by atoms with Crippen LogP contribution in [0.25, 0.3) is 0 Å². The van der Waals surface area contributed by atoms with Crippen molar-refractivity contribution >= 4 is 11.8 Å². The molecule has 0 aliphatic heterocycles. The van der Waals surface area contributed by atoms with Crippen molar-refractivity contribution in [2.45, 2.75) is 11.6 Å². The number of nitrogens with two attached hydrogens (primary N) is 1. The van der Waals surface area contributed by atoms with Gasteiger partial charge in [0.25, 0.3) is 0 Å². The third kappa shape index (κ3) is 2.81. The molecule has 0 radical (unpaired) electrons. The van der Waals surface area contributed by atoms with Gasteiger partial charge < -0.3 is 10.8 Å². The van der Waals surface area contributed by atoms with E-state index < -0.39 is 0 Å². The number of pyridine rings is 1. The van der Waals surface area contributed by atoms with E-state index in [1.54, 1.807) is 17.8 Å². The highest BCUT2D eigenvalue weighted by Crippen LogP contribution is 2.14. The first-order chi connectivity index (χ1) is 5.86. The molecule has 0 fully saturated rings. The number of aliphatic hydroxyl groups is 1. The van der Waals surface area contributed by atoms with Crippen molar-refractivity contribution in [1.82, 2.24) is 4.98 Å². The second-order valence-corrected chi connectivity index (χ2v) is 3.38. The quantitative estimate of drug-likeness (QED) is 0.674. The summed E-state index contributed by atoms with van der Waals surface area (Å²) >= 11 is 1.60. The Morgan fingerprint density at radius 2 is 2.33 bits per heavy atom. The molecule has 66 valence electrons. The van der Waals surface area contributed by atoms with Crippen LogP contribution in [0.1, 0.15) is 5.69 Å². The highest BCUT2D eigenvalue weighted by Gasteiger charge is 1.95. The molecule has 0 saturated carbocycles. The summed E-state index contributed by atoms with van der Waals surface area (Å²) in [6.07, 6.45) is 0. The van der Waals surface area contributed by atoms with Gasteiger partial charge in [0, 0.05) is 12.3 Å². The van der Waals surface area contributed by atoms with Crippen LogP contribution in [0.3, 0.4) is 0 Å². The lowest BCUT2D eigenvalue weighted by molar-refractivity contribution is 0.276. The number of aliphatic hydroxyl groups excluding tert-OH is 1. The number of nitrogens with zero attached hydrogens (tertiary/aromatic N) is 1. The molecule has 0 spiro atoms. The van der Waals surface area contributed by atoms with Crippen LogP contribution in [0.4, 0.5) is 0 Å². The molecule has 1 aromatic heterocycles. The van der Waals surface area contributed by atoms with E-state index in [4.69, 9.17) is 10.8 Å². The predicted octanol–water partition coefficient (Wildman–Crippen LogP) is 0.625. The average Bonchev–Trinajstić information content (AvgIpc) is 2.15. The van der Waals surface area contributed by atoms with E-state index in [0.29, 0.717) is 12.2 Å². The number of thioether (sulfide) groups is 1. The van der Waals surface area contributed by atoms with Crippen molar-refractivity contribution in [3.05, 3.63) is 23.9 Å². The van der Waals surface area contributed by atoms with Gasteiger partial charge in [-0.25, -0.2) is 4.98 Å². The summed E-state index contributed by atoms with van der Waals surface area (Å²) in [7, 11) is 0. The van der Waals surface area contributed by atoms with Gasteiger partial charge in [-0.15, -0.1) is 11.8 Å². The van der Waals surface area contributed by atoms with Crippen molar-refractivity contribution in [3.8, 4) is 0 Å². The average molecular weight is 184 g/mol. The second kappa shape index (κ2) is 5.13. The lowest BCUT2D eigenvalue weighted by Crippen LogP contribution is -2.01. The zero-order valence-electron chi connectivity index (χ0n) is 6.73. The predicted molar refractivity (Wildman–Crippen MR) is 49.9 cm³/mol. The largest absolute Gasteiger partial charge is 0.390 e. The summed E-state index contributed by atoms with van der Waals surface area (Å²) in [5, 5.41) is 9.71. The van der Waals surface area contributed by atoms with Gasteiger partial charge in [-0.05, 0) is 12.1 Å². The summed E-state index contributed by atoms with van der Waals surface area (Å²) in [6.45, 7) is 0.646. The zero-order valence-corrected chi connectivity index (χ0v) is 7.55. The van der Waals surface area contributed by atoms with Gasteiger partial charge in [0.1, 0.15) is 0 Å². The first-order valence-corrected chi connectivity index (χ1v) is 4.75. The van der Waals surface area contributed by atoms with Gasteiger partial charge >= 0.3 is 0 Å². The van der Waals surface area contributed by atoms with Crippen LogP contribution in [-0.4, -0.2) is 22.4 Å². The number of hydrogen-bond donors (Lipinski definition) is 2. The molecule has 1 rings (SSSR count). The van der Waals surface area contributed by atoms with Gasteiger partial charge in [0.2, 0.25) is 0 Å². The van der Waals surface area contributed by atoms with Crippen LogP contribution in [0.15, 0.2) is 23.2 Å². The van der Waals surface area contributed by atoms with Crippen molar-refractivity contribution in [2.24, 2.45) is 5.73 Å². The Hall–Kier alpha value is -0.580. The van der Waals surface area contributed by atoms with Crippen LogP contribution >= 0.6 is 11.8 Å². The van der Waals surface area contributed by atoms with E-state index in [1.807, 2.05) is 12.1 Å². The van der Waals surface area contributed by atoms with Crippen LogP contribution in [0.2, 0.25) is 0 Å². The first-order valence-electron chi connectivity index (χ1n) is 3.76. The standard InChI is InChI=1S/C8H12N2OS/c9-4-5-12-8-3-1-2-7(6-11)10-8/h1-3,11H,4-6,9H2. The molecule has 3 N–H and O–H groups in total. The molecule has 12 heavy (non-hydrogen) atoms. The molecule has 0 aliphatic carbocycles. The highest BCUT2D eigenvalue weighted by atomic mass is 32.2. The molecular weight excluding hydrogens is 172 g/mol. The first kappa shape index (κ1) is 9.51. The SMILES string of the molecule is NCCSc1cccc(CO)n1. The van der Waals surface area contributed by atoms with E-state index >= 15 is 0 Å². The second-order valence-electron chi connectivity index (χ2n) is 2.26. The zero-order chi connectivity index (χ0) is 8.81. The third-order valence-electron chi connectivity index (χ3n) is 1.31. The van der Waals surface area contributed by atoms with Gasteiger partial charge in [-0.2, -0.15) is 0 Å². The Balaban J connectivity index is 2.60. The maximum absolute atomic E-state index is 8.79. The number of rotatable bonds is 4. The van der Waals surface area contributed by atoms with Crippen molar-refractivity contribution in [2.75, 3.05) is 12.3 Å². The number of aromatic nitrogens is 1. The van der Waals surface area contributed by atoms with Crippen molar-refractivity contribution in [1.29, 1.82) is 0 Å². The topological polar surface area (TPSA) is 59.1 Å². The normalized spacial score (nSPS) is 10.2. The molecule has 0 aromatic carbocycles. The Bertz CT molecular complexity index is 242. The minimum atomic E-state index is -0.00295.